The second-order valence-corrected chi connectivity index (χ2v) is 4.51. The van der Waals surface area contributed by atoms with Gasteiger partial charge in [0.25, 0.3) is 0 Å². The standard InChI is InChI=1S/C14H17FN2O2/c1-2-17-12-9-10(15)7-8-11(12)16-13(17)5-3-4-6-14(18)19/h7-9H,2-6H2,1H3,(H,18,19). The lowest BCUT2D eigenvalue weighted by Crippen LogP contribution is -2.02. The van der Waals surface area contributed by atoms with Gasteiger partial charge in [-0.3, -0.25) is 4.79 Å². The second kappa shape index (κ2) is 5.82. The summed E-state index contributed by atoms with van der Waals surface area (Å²) in [7, 11) is 0. The fourth-order valence-electron chi connectivity index (χ4n) is 2.25. The molecule has 1 N–H and O–H groups in total. The van der Waals surface area contributed by atoms with E-state index in [0.717, 1.165) is 36.2 Å². The molecule has 0 atom stereocenters. The first-order valence-electron chi connectivity index (χ1n) is 6.48. The molecule has 0 amide bonds. The highest BCUT2D eigenvalue weighted by atomic mass is 19.1. The molecule has 1 aromatic heterocycles. The molecule has 1 heterocycles. The number of benzene rings is 1. The van der Waals surface area contributed by atoms with Crippen molar-refractivity contribution in [1.29, 1.82) is 0 Å². The van der Waals surface area contributed by atoms with Crippen LogP contribution in [0.15, 0.2) is 18.2 Å². The Kier molecular flexibility index (Phi) is 4.14. The van der Waals surface area contributed by atoms with Crippen LogP contribution in [0.2, 0.25) is 0 Å². The number of halogens is 1. The number of aliphatic carboxylic acids is 1. The normalized spacial score (nSPS) is 11.1. The minimum atomic E-state index is -0.772. The molecule has 19 heavy (non-hydrogen) atoms. The van der Waals surface area contributed by atoms with Gasteiger partial charge in [-0.2, -0.15) is 0 Å². The van der Waals surface area contributed by atoms with Gasteiger partial charge < -0.3 is 9.67 Å². The van der Waals surface area contributed by atoms with Gasteiger partial charge in [-0.05, 0) is 38.0 Å². The van der Waals surface area contributed by atoms with Crippen LogP contribution >= 0.6 is 0 Å². The van der Waals surface area contributed by atoms with E-state index in [2.05, 4.69) is 4.98 Å². The number of aromatic nitrogens is 2. The molecular weight excluding hydrogens is 247 g/mol. The minimum absolute atomic E-state index is 0.182. The maximum absolute atomic E-state index is 13.3. The molecule has 1 aromatic carbocycles. The van der Waals surface area contributed by atoms with E-state index in [1.165, 1.54) is 12.1 Å². The molecule has 4 nitrogen and oxygen atoms in total. The van der Waals surface area contributed by atoms with Crippen LogP contribution in [0.3, 0.4) is 0 Å². The summed E-state index contributed by atoms with van der Waals surface area (Å²) in [5.41, 5.74) is 1.59. The third-order valence-corrected chi connectivity index (χ3v) is 3.15. The number of rotatable bonds is 6. The summed E-state index contributed by atoms with van der Waals surface area (Å²) in [6.45, 7) is 2.72. The Labute approximate surface area is 110 Å². The number of carbonyl (C=O) groups is 1. The van der Waals surface area contributed by atoms with Crippen molar-refractivity contribution in [1.82, 2.24) is 9.55 Å². The molecule has 2 aromatic rings. The number of carboxylic acid groups (broad SMARTS) is 1. The third kappa shape index (κ3) is 3.10. The largest absolute Gasteiger partial charge is 0.481 e. The summed E-state index contributed by atoms with van der Waals surface area (Å²) in [5, 5.41) is 8.59. The van der Waals surface area contributed by atoms with Crippen molar-refractivity contribution in [2.24, 2.45) is 0 Å². The minimum Gasteiger partial charge on any atom is -0.481 e. The van der Waals surface area contributed by atoms with Gasteiger partial charge in [0.15, 0.2) is 0 Å². The molecular formula is C14H17FN2O2. The van der Waals surface area contributed by atoms with Crippen LogP contribution in [0, 0.1) is 5.82 Å². The van der Waals surface area contributed by atoms with E-state index < -0.39 is 5.97 Å². The molecule has 0 unspecified atom stereocenters. The summed E-state index contributed by atoms with van der Waals surface area (Å²) >= 11 is 0. The molecule has 0 spiro atoms. The van der Waals surface area contributed by atoms with Crippen molar-refractivity contribution in [3.8, 4) is 0 Å². The second-order valence-electron chi connectivity index (χ2n) is 4.51. The summed E-state index contributed by atoms with van der Waals surface area (Å²) in [4.78, 5) is 14.9. The SMILES string of the molecule is CCn1c(CCCCC(=O)O)nc2ccc(F)cc21. The number of carboxylic acids is 1. The fourth-order valence-corrected chi connectivity index (χ4v) is 2.25. The fraction of sp³-hybridized carbons (Fsp3) is 0.429. The molecule has 0 aliphatic heterocycles. The van der Waals surface area contributed by atoms with Crippen LogP contribution in [0.5, 0.6) is 0 Å². The molecule has 0 radical (unpaired) electrons. The molecule has 2 rings (SSSR count). The summed E-state index contributed by atoms with van der Waals surface area (Å²) < 4.78 is 15.2. The average molecular weight is 264 g/mol. The molecule has 0 saturated carbocycles. The van der Waals surface area contributed by atoms with Crippen LogP contribution in [-0.2, 0) is 17.8 Å². The smallest absolute Gasteiger partial charge is 0.303 e. The number of imidazole rings is 1. The predicted molar refractivity (Wildman–Crippen MR) is 70.6 cm³/mol. The number of hydrogen-bond acceptors (Lipinski definition) is 2. The molecule has 0 bridgehead atoms. The highest BCUT2D eigenvalue weighted by molar-refractivity contribution is 5.76. The van der Waals surface area contributed by atoms with Gasteiger partial charge in [0.1, 0.15) is 11.6 Å². The highest BCUT2D eigenvalue weighted by Gasteiger charge is 2.10. The van der Waals surface area contributed by atoms with Crippen molar-refractivity contribution < 1.29 is 14.3 Å². The van der Waals surface area contributed by atoms with Gasteiger partial charge in [0, 0.05) is 19.4 Å². The van der Waals surface area contributed by atoms with E-state index in [1.807, 2.05) is 11.5 Å². The third-order valence-electron chi connectivity index (χ3n) is 3.15. The first-order chi connectivity index (χ1) is 9.11. The van der Waals surface area contributed by atoms with Gasteiger partial charge in [0.05, 0.1) is 11.0 Å². The lowest BCUT2D eigenvalue weighted by molar-refractivity contribution is -0.137. The van der Waals surface area contributed by atoms with Crippen LogP contribution in [0.25, 0.3) is 11.0 Å². The van der Waals surface area contributed by atoms with Crippen molar-refractivity contribution in [3.05, 3.63) is 29.8 Å². The maximum Gasteiger partial charge on any atom is 0.303 e. The Morgan fingerprint density at radius 2 is 2.21 bits per heavy atom. The van der Waals surface area contributed by atoms with Crippen LogP contribution in [0.4, 0.5) is 4.39 Å². The van der Waals surface area contributed by atoms with E-state index in [4.69, 9.17) is 5.11 Å². The number of nitrogens with zero attached hydrogens (tertiary/aromatic N) is 2. The van der Waals surface area contributed by atoms with Crippen LogP contribution in [-0.4, -0.2) is 20.6 Å². The van der Waals surface area contributed by atoms with E-state index in [-0.39, 0.29) is 12.2 Å². The number of hydrogen-bond donors (Lipinski definition) is 1. The monoisotopic (exact) mass is 264 g/mol. The van der Waals surface area contributed by atoms with Crippen LogP contribution < -0.4 is 0 Å². The molecule has 0 saturated heterocycles. The zero-order valence-corrected chi connectivity index (χ0v) is 10.9. The molecule has 0 aliphatic rings. The molecule has 102 valence electrons. The van der Waals surface area contributed by atoms with E-state index in [1.54, 1.807) is 6.07 Å². The average Bonchev–Trinajstić information content (AvgIpc) is 2.71. The van der Waals surface area contributed by atoms with Crippen molar-refractivity contribution in [3.63, 3.8) is 0 Å². The van der Waals surface area contributed by atoms with E-state index >= 15 is 0 Å². The summed E-state index contributed by atoms with van der Waals surface area (Å²) in [6, 6.07) is 4.58. The zero-order chi connectivity index (χ0) is 13.8. The maximum atomic E-state index is 13.3. The van der Waals surface area contributed by atoms with Crippen molar-refractivity contribution >= 4 is 17.0 Å². The topological polar surface area (TPSA) is 55.1 Å². The Bertz CT molecular complexity index is 592. The van der Waals surface area contributed by atoms with E-state index in [9.17, 15) is 9.18 Å². The van der Waals surface area contributed by atoms with Gasteiger partial charge >= 0.3 is 5.97 Å². The zero-order valence-electron chi connectivity index (χ0n) is 10.9. The number of fused-ring (bicyclic) bond motifs is 1. The van der Waals surface area contributed by atoms with Crippen molar-refractivity contribution in [2.45, 2.75) is 39.2 Å². The van der Waals surface area contributed by atoms with Crippen molar-refractivity contribution in [2.75, 3.05) is 0 Å². The quantitative estimate of drug-likeness (QED) is 0.816. The Balaban J connectivity index is 2.16. The van der Waals surface area contributed by atoms with Gasteiger partial charge in [-0.15, -0.1) is 0 Å². The number of unbranched alkanes of at least 4 members (excludes halogenated alkanes) is 1. The molecule has 0 fully saturated rings. The first kappa shape index (κ1) is 13.5. The summed E-state index contributed by atoms with van der Waals surface area (Å²) in [5.74, 6) is -0.140. The first-order valence-corrected chi connectivity index (χ1v) is 6.48. The lowest BCUT2D eigenvalue weighted by atomic mass is 10.2. The highest BCUT2D eigenvalue weighted by Crippen LogP contribution is 2.19. The lowest BCUT2D eigenvalue weighted by Gasteiger charge is -2.05. The Morgan fingerprint density at radius 1 is 1.42 bits per heavy atom. The number of aryl methyl sites for hydroxylation is 2. The van der Waals surface area contributed by atoms with Gasteiger partial charge in [-0.25, -0.2) is 9.37 Å². The summed E-state index contributed by atoms with van der Waals surface area (Å²) in [6.07, 6.45) is 2.31. The Hall–Kier alpha value is -1.91. The van der Waals surface area contributed by atoms with Gasteiger partial charge in [0.2, 0.25) is 0 Å². The van der Waals surface area contributed by atoms with Gasteiger partial charge in [-0.1, -0.05) is 0 Å². The van der Waals surface area contributed by atoms with Crippen LogP contribution in [0.1, 0.15) is 32.0 Å². The predicted octanol–water partition coefficient (Wildman–Crippen LogP) is 2.99. The molecule has 0 aliphatic carbocycles. The van der Waals surface area contributed by atoms with E-state index in [0.29, 0.717) is 6.42 Å². The molecule has 5 heteroatoms. The Morgan fingerprint density at radius 3 is 2.89 bits per heavy atom.